The average molecular weight is 200 g/mol. The normalized spacial score (nSPS) is 9.33. The molecule has 2 heteroatoms. The maximum absolute atomic E-state index is 8.60. The van der Waals surface area contributed by atoms with Gasteiger partial charge in [0.25, 0.3) is 0 Å². The third-order valence-corrected chi connectivity index (χ3v) is 2.08. The summed E-state index contributed by atoms with van der Waals surface area (Å²) in [5.41, 5.74) is 2.26. The summed E-state index contributed by atoms with van der Waals surface area (Å²) < 4.78 is 0. The lowest BCUT2D eigenvalue weighted by atomic mass is 10.2. The molecule has 2 nitrogen and oxygen atoms in total. The number of nitrogens with zero attached hydrogens (tertiary/aromatic N) is 2. The van der Waals surface area contributed by atoms with Crippen molar-refractivity contribution in [2.45, 2.75) is 13.3 Å². The maximum Gasteiger partial charge on any atom is 0.0640 e. The summed E-state index contributed by atoms with van der Waals surface area (Å²) in [5.74, 6) is 0. The minimum absolute atomic E-state index is 0.544. The second-order valence-electron chi connectivity index (χ2n) is 3.62. The van der Waals surface area contributed by atoms with Gasteiger partial charge >= 0.3 is 0 Å². The zero-order valence-electron chi connectivity index (χ0n) is 9.11. The number of para-hydroxylation sites is 1. The fourth-order valence-corrected chi connectivity index (χ4v) is 1.45. The van der Waals surface area contributed by atoms with E-state index in [-0.39, 0.29) is 0 Å². The first kappa shape index (κ1) is 11.3. The molecule has 0 radical (unpaired) electrons. The molecule has 0 bridgehead atoms. The molecule has 0 fully saturated rings. The number of benzene rings is 1. The van der Waals surface area contributed by atoms with Crippen LogP contribution in [0, 0.1) is 11.3 Å². The standard InChI is InChI=1S/C13H16N2/c1-12(2)11-15(10-6-9-14)13-7-4-3-5-8-13/h3-5,7-8H,1,6,10-11H2,2H3. The van der Waals surface area contributed by atoms with Crippen molar-refractivity contribution in [2.75, 3.05) is 18.0 Å². The molecule has 1 aromatic carbocycles. The van der Waals surface area contributed by atoms with E-state index in [9.17, 15) is 0 Å². The van der Waals surface area contributed by atoms with E-state index in [1.807, 2.05) is 25.1 Å². The Kier molecular flexibility index (Phi) is 4.43. The lowest BCUT2D eigenvalue weighted by Crippen LogP contribution is -2.25. The summed E-state index contributed by atoms with van der Waals surface area (Å²) in [4.78, 5) is 2.17. The van der Waals surface area contributed by atoms with Crippen molar-refractivity contribution in [3.8, 4) is 6.07 Å². The average Bonchev–Trinajstić information content (AvgIpc) is 2.25. The summed E-state index contributed by atoms with van der Waals surface area (Å²) in [7, 11) is 0. The molecule has 0 aromatic heterocycles. The number of hydrogen-bond donors (Lipinski definition) is 0. The monoisotopic (exact) mass is 200 g/mol. The van der Waals surface area contributed by atoms with Gasteiger partial charge in [-0.1, -0.05) is 30.4 Å². The van der Waals surface area contributed by atoms with Gasteiger partial charge in [-0.25, -0.2) is 0 Å². The molecule has 0 heterocycles. The van der Waals surface area contributed by atoms with Crippen LogP contribution in [0.3, 0.4) is 0 Å². The van der Waals surface area contributed by atoms with Crippen LogP contribution in [0.15, 0.2) is 42.5 Å². The van der Waals surface area contributed by atoms with Gasteiger partial charge in [0.2, 0.25) is 0 Å². The molecule has 0 aliphatic heterocycles. The molecular weight excluding hydrogens is 184 g/mol. The first-order valence-corrected chi connectivity index (χ1v) is 5.05. The second-order valence-corrected chi connectivity index (χ2v) is 3.62. The van der Waals surface area contributed by atoms with E-state index >= 15 is 0 Å². The van der Waals surface area contributed by atoms with Crippen LogP contribution in [-0.4, -0.2) is 13.1 Å². The van der Waals surface area contributed by atoms with Crippen LogP contribution in [0.25, 0.3) is 0 Å². The van der Waals surface area contributed by atoms with Crippen molar-refractivity contribution < 1.29 is 0 Å². The SMILES string of the molecule is C=C(C)CN(CCC#N)c1ccccc1. The molecule has 0 aliphatic carbocycles. The highest BCUT2D eigenvalue weighted by molar-refractivity contribution is 5.47. The van der Waals surface area contributed by atoms with Crippen molar-refractivity contribution >= 4 is 5.69 Å². The topological polar surface area (TPSA) is 27.0 Å². The van der Waals surface area contributed by atoms with Gasteiger partial charge in [-0.05, 0) is 19.1 Å². The van der Waals surface area contributed by atoms with E-state index < -0.39 is 0 Å². The fraction of sp³-hybridized carbons (Fsp3) is 0.308. The van der Waals surface area contributed by atoms with E-state index in [0.29, 0.717) is 6.42 Å². The highest BCUT2D eigenvalue weighted by Crippen LogP contribution is 2.14. The molecule has 0 atom stereocenters. The number of nitriles is 1. The number of hydrogen-bond acceptors (Lipinski definition) is 2. The third-order valence-electron chi connectivity index (χ3n) is 2.08. The van der Waals surface area contributed by atoms with E-state index in [1.54, 1.807) is 0 Å². The molecule has 1 aromatic rings. The Bertz CT molecular complexity index is 349. The summed E-state index contributed by atoms with van der Waals surface area (Å²) >= 11 is 0. The molecule has 0 aliphatic rings. The zero-order valence-corrected chi connectivity index (χ0v) is 9.11. The molecule has 0 unspecified atom stereocenters. The van der Waals surface area contributed by atoms with Gasteiger partial charge in [0.05, 0.1) is 12.5 Å². The van der Waals surface area contributed by atoms with Gasteiger partial charge < -0.3 is 4.90 Å². The van der Waals surface area contributed by atoms with Crippen LogP contribution in [0.4, 0.5) is 5.69 Å². The van der Waals surface area contributed by atoms with Gasteiger partial charge in [0, 0.05) is 18.8 Å². The molecule has 0 spiro atoms. The van der Waals surface area contributed by atoms with Crippen LogP contribution in [0.5, 0.6) is 0 Å². The van der Waals surface area contributed by atoms with Crippen LogP contribution < -0.4 is 4.90 Å². The molecule has 78 valence electrons. The highest BCUT2D eigenvalue weighted by Gasteiger charge is 2.04. The van der Waals surface area contributed by atoms with E-state index in [0.717, 1.165) is 24.4 Å². The Labute approximate surface area is 91.4 Å². The van der Waals surface area contributed by atoms with Crippen molar-refractivity contribution in [1.29, 1.82) is 5.26 Å². The Morgan fingerprint density at radius 2 is 2.07 bits per heavy atom. The van der Waals surface area contributed by atoms with Gasteiger partial charge in [-0.15, -0.1) is 0 Å². The Balaban J connectivity index is 2.72. The summed E-state index contributed by atoms with van der Waals surface area (Å²) in [6.45, 7) is 7.47. The Hall–Kier alpha value is -1.75. The summed E-state index contributed by atoms with van der Waals surface area (Å²) in [5, 5.41) is 8.60. The predicted octanol–water partition coefficient (Wildman–Crippen LogP) is 2.98. The number of anilines is 1. The largest absolute Gasteiger partial charge is 0.367 e. The van der Waals surface area contributed by atoms with E-state index in [1.165, 1.54) is 0 Å². The molecule has 0 N–H and O–H groups in total. The van der Waals surface area contributed by atoms with Crippen molar-refractivity contribution in [3.63, 3.8) is 0 Å². The fourth-order valence-electron chi connectivity index (χ4n) is 1.45. The van der Waals surface area contributed by atoms with Gasteiger partial charge in [0.1, 0.15) is 0 Å². The van der Waals surface area contributed by atoms with Gasteiger partial charge in [-0.2, -0.15) is 5.26 Å². The lowest BCUT2D eigenvalue weighted by molar-refractivity contribution is 0.839. The summed E-state index contributed by atoms with van der Waals surface area (Å²) in [6, 6.07) is 12.3. The van der Waals surface area contributed by atoms with Gasteiger partial charge in [0.15, 0.2) is 0 Å². The van der Waals surface area contributed by atoms with Crippen molar-refractivity contribution in [2.24, 2.45) is 0 Å². The molecule has 0 saturated carbocycles. The molecular formula is C13H16N2. The summed E-state index contributed by atoms with van der Waals surface area (Å²) in [6.07, 6.45) is 0.544. The van der Waals surface area contributed by atoms with E-state index in [2.05, 4.69) is 29.7 Å². The molecule has 0 saturated heterocycles. The van der Waals surface area contributed by atoms with Crippen LogP contribution >= 0.6 is 0 Å². The molecule has 0 amide bonds. The highest BCUT2D eigenvalue weighted by atomic mass is 15.1. The van der Waals surface area contributed by atoms with Gasteiger partial charge in [-0.3, -0.25) is 0 Å². The van der Waals surface area contributed by atoms with Crippen molar-refractivity contribution in [3.05, 3.63) is 42.5 Å². The van der Waals surface area contributed by atoms with Crippen LogP contribution in [0.1, 0.15) is 13.3 Å². The lowest BCUT2D eigenvalue weighted by Gasteiger charge is -2.23. The quantitative estimate of drug-likeness (QED) is 0.683. The minimum atomic E-state index is 0.544. The Morgan fingerprint density at radius 1 is 1.40 bits per heavy atom. The van der Waals surface area contributed by atoms with E-state index in [4.69, 9.17) is 5.26 Å². The third kappa shape index (κ3) is 3.86. The first-order valence-electron chi connectivity index (χ1n) is 5.05. The smallest absolute Gasteiger partial charge is 0.0640 e. The Morgan fingerprint density at radius 3 is 2.60 bits per heavy atom. The number of rotatable bonds is 5. The van der Waals surface area contributed by atoms with Crippen molar-refractivity contribution in [1.82, 2.24) is 0 Å². The van der Waals surface area contributed by atoms with Crippen LogP contribution in [-0.2, 0) is 0 Å². The maximum atomic E-state index is 8.60. The first-order chi connectivity index (χ1) is 7.24. The molecule has 15 heavy (non-hydrogen) atoms. The zero-order chi connectivity index (χ0) is 11.1. The van der Waals surface area contributed by atoms with Crippen LogP contribution in [0.2, 0.25) is 0 Å². The predicted molar refractivity (Wildman–Crippen MR) is 63.7 cm³/mol. The minimum Gasteiger partial charge on any atom is -0.367 e. The molecule has 1 rings (SSSR count). The second kappa shape index (κ2) is 5.87.